The molecule has 0 bridgehead atoms. The van der Waals surface area contributed by atoms with Crippen LogP contribution in [0.1, 0.15) is 99.8 Å². The second-order valence-electron chi connectivity index (χ2n) is 11.5. The molecular formula is C26H46N2O3. The molecule has 5 atom stereocenters. The zero-order valence-corrected chi connectivity index (χ0v) is 20.9. The fraction of sp³-hybridized carbons (Fsp3) is 0.885. The maximum absolute atomic E-state index is 13.5. The lowest BCUT2D eigenvalue weighted by Gasteiger charge is -2.60. The summed E-state index contributed by atoms with van der Waals surface area (Å²) in [6, 6.07) is -1.08. The van der Waals surface area contributed by atoms with Crippen LogP contribution in [0.25, 0.3) is 0 Å². The van der Waals surface area contributed by atoms with E-state index >= 15 is 0 Å². The smallest absolute Gasteiger partial charge is 0.243 e. The third-order valence-corrected chi connectivity index (χ3v) is 7.53. The molecule has 2 rings (SSSR count). The van der Waals surface area contributed by atoms with Gasteiger partial charge in [0.15, 0.2) is 5.78 Å². The summed E-state index contributed by atoms with van der Waals surface area (Å²) >= 11 is 0. The summed E-state index contributed by atoms with van der Waals surface area (Å²) in [7, 11) is 0. The van der Waals surface area contributed by atoms with Crippen LogP contribution in [-0.2, 0) is 14.4 Å². The Kier molecular flexibility index (Phi) is 9.14. The van der Waals surface area contributed by atoms with Gasteiger partial charge in [-0.1, -0.05) is 61.3 Å². The van der Waals surface area contributed by atoms with Crippen LogP contribution in [0.4, 0.5) is 0 Å². The first kappa shape index (κ1) is 25.9. The second-order valence-corrected chi connectivity index (χ2v) is 11.5. The molecular weight excluding hydrogens is 388 g/mol. The predicted molar refractivity (Wildman–Crippen MR) is 125 cm³/mol. The van der Waals surface area contributed by atoms with E-state index < -0.39 is 12.1 Å². The van der Waals surface area contributed by atoms with Crippen LogP contribution in [0.5, 0.6) is 0 Å². The maximum atomic E-state index is 13.5. The van der Waals surface area contributed by atoms with Crippen LogP contribution >= 0.6 is 0 Å². The molecule has 2 N–H and O–H groups in total. The summed E-state index contributed by atoms with van der Waals surface area (Å²) in [6.07, 6.45) is 7.40. The summed E-state index contributed by atoms with van der Waals surface area (Å²) in [4.78, 5) is 39.0. The molecule has 0 saturated heterocycles. The first-order valence-electron chi connectivity index (χ1n) is 12.6. The van der Waals surface area contributed by atoms with Crippen LogP contribution in [0, 0.1) is 35.0 Å². The highest BCUT2D eigenvalue weighted by Crippen LogP contribution is 2.62. The summed E-state index contributed by atoms with van der Waals surface area (Å²) in [5.41, 5.74) is -0.289. The van der Waals surface area contributed by atoms with E-state index in [0.29, 0.717) is 36.5 Å². The number of amides is 2. The van der Waals surface area contributed by atoms with Crippen LogP contribution < -0.4 is 10.6 Å². The quantitative estimate of drug-likeness (QED) is 0.406. The third kappa shape index (κ3) is 6.55. The van der Waals surface area contributed by atoms with Crippen molar-refractivity contribution in [3.05, 3.63) is 0 Å². The van der Waals surface area contributed by atoms with Crippen molar-refractivity contribution in [3.8, 4) is 0 Å². The Bertz CT molecular complexity index is 643. The van der Waals surface area contributed by atoms with Gasteiger partial charge in [0.1, 0.15) is 6.04 Å². The minimum absolute atomic E-state index is 0.0373. The Balaban J connectivity index is 1.96. The first-order valence-corrected chi connectivity index (χ1v) is 12.6. The van der Waals surface area contributed by atoms with E-state index in [4.69, 9.17) is 0 Å². The molecule has 178 valence electrons. The molecule has 31 heavy (non-hydrogen) atoms. The Morgan fingerprint density at radius 2 is 1.61 bits per heavy atom. The van der Waals surface area contributed by atoms with E-state index in [-0.39, 0.29) is 28.9 Å². The SMILES string of the molecule is CC(C)CCCCC(=O)N[C@H](C(=O)N[C@@H](CC(C)C)C(=O)[C@@]1(C)CC2CCC21)C(C)C. The van der Waals surface area contributed by atoms with Crippen molar-refractivity contribution in [2.24, 2.45) is 35.0 Å². The number of carbonyl (C=O) groups is 3. The lowest BCUT2D eigenvalue weighted by molar-refractivity contribution is -0.161. The van der Waals surface area contributed by atoms with Crippen molar-refractivity contribution < 1.29 is 14.4 Å². The Morgan fingerprint density at radius 3 is 2.06 bits per heavy atom. The molecule has 2 aliphatic rings. The van der Waals surface area contributed by atoms with Gasteiger partial charge in [-0.3, -0.25) is 14.4 Å². The van der Waals surface area contributed by atoms with Crippen LogP contribution in [0.15, 0.2) is 0 Å². The second kappa shape index (κ2) is 11.0. The van der Waals surface area contributed by atoms with Gasteiger partial charge in [-0.25, -0.2) is 0 Å². The van der Waals surface area contributed by atoms with Gasteiger partial charge in [-0.2, -0.15) is 0 Å². The molecule has 2 fully saturated rings. The van der Waals surface area contributed by atoms with Gasteiger partial charge in [-0.15, -0.1) is 0 Å². The Labute approximate surface area is 189 Å². The van der Waals surface area contributed by atoms with Gasteiger partial charge in [-0.05, 0) is 61.7 Å². The fourth-order valence-corrected chi connectivity index (χ4v) is 5.45. The van der Waals surface area contributed by atoms with Gasteiger partial charge < -0.3 is 10.6 Å². The van der Waals surface area contributed by atoms with E-state index in [2.05, 4.69) is 45.3 Å². The Morgan fingerprint density at radius 1 is 0.935 bits per heavy atom. The van der Waals surface area contributed by atoms with Gasteiger partial charge in [0.05, 0.1) is 6.04 Å². The number of fused-ring (bicyclic) bond motifs is 1. The zero-order chi connectivity index (χ0) is 23.3. The normalized spacial score (nSPS) is 26.6. The minimum atomic E-state index is -0.606. The van der Waals surface area contributed by atoms with Crippen molar-refractivity contribution in [2.75, 3.05) is 0 Å². The van der Waals surface area contributed by atoms with Crippen molar-refractivity contribution in [3.63, 3.8) is 0 Å². The van der Waals surface area contributed by atoms with E-state index in [1.165, 1.54) is 6.42 Å². The molecule has 0 heterocycles. The largest absolute Gasteiger partial charge is 0.344 e. The van der Waals surface area contributed by atoms with Gasteiger partial charge >= 0.3 is 0 Å². The summed E-state index contributed by atoms with van der Waals surface area (Å²) in [5.74, 6) is 2.01. The highest BCUT2D eigenvalue weighted by molar-refractivity contribution is 5.96. The van der Waals surface area contributed by atoms with Gasteiger partial charge in [0.2, 0.25) is 11.8 Å². The standard InChI is InChI=1S/C26H46N2O3/c1-16(2)10-8-9-11-22(29)28-23(18(5)6)25(31)27-21(14-17(3)4)24(30)26(7)15-19-12-13-20(19)26/h16-21,23H,8-15H2,1-7H3,(H,27,31)(H,28,29)/t19?,20?,21-,23-,26-/m0/s1. The van der Waals surface area contributed by atoms with Crippen molar-refractivity contribution in [2.45, 2.75) is 112 Å². The lowest BCUT2D eigenvalue weighted by atomic mass is 9.43. The van der Waals surface area contributed by atoms with E-state index in [1.807, 2.05) is 13.8 Å². The number of rotatable bonds is 13. The molecule has 2 saturated carbocycles. The molecule has 0 aromatic heterocycles. The first-order chi connectivity index (χ1) is 14.5. The molecule has 0 aromatic rings. The molecule has 0 aliphatic heterocycles. The summed E-state index contributed by atoms with van der Waals surface area (Å²) in [6.45, 7) is 14.5. The molecule has 0 spiro atoms. The molecule has 0 radical (unpaired) electrons. The Hall–Kier alpha value is -1.39. The van der Waals surface area contributed by atoms with Crippen molar-refractivity contribution in [1.29, 1.82) is 0 Å². The highest BCUT2D eigenvalue weighted by Gasteiger charge is 2.60. The van der Waals surface area contributed by atoms with Crippen LogP contribution in [0.3, 0.4) is 0 Å². The number of Topliss-reactive ketones (excluding diaryl/α,β-unsaturated/α-hetero) is 1. The van der Waals surface area contributed by atoms with Gasteiger partial charge in [0, 0.05) is 11.8 Å². The topological polar surface area (TPSA) is 75.3 Å². The average Bonchev–Trinajstić information content (AvgIpc) is 2.65. The van der Waals surface area contributed by atoms with E-state index in [9.17, 15) is 14.4 Å². The monoisotopic (exact) mass is 434 g/mol. The van der Waals surface area contributed by atoms with E-state index in [1.54, 1.807) is 0 Å². The molecule has 5 nitrogen and oxygen atoms in total. The number of hydrogen-bond acceptors (Lipinski definition) is 3. The predicted octanol–water partition coefficient (Wildman–Crippen LogP) is 4.88. The average molecular weight is 435 g/mol. The minimum Gasteiger partial charge on any atom is -0.344 e. The summed E-state index contributed by atoms with van der Waals surface area (Å²) in [5, 5.41) is 5.98. The van der Waals surface area contributed by atoms with Crippen LogP contribution in [-0.4, -0.2) is 29.7 Å². The van der Waals surface area contributed by atoms with Crippen LogP contribution in [0.2, 0.25) is 0 Å². The number of hydrogen-bond donors (Lipinski definition) is 2. The fourth-order valence-electron chi connectivity index (χ4n) is 5.45. The lowest BCUT2D eigenvalue weighted by Crippen LogP contribution is -2.62. The number of nitrogens with one attached hydrogen (secondary N) is 2. The molecule has 2 aliphatic carbocycles. The number of unbranched alkanes of at least 4 members (excludes halogenated alkanes) is 1. The highest BCUT2D eigenvalue weighted by atomic mass is 16.2. The zero-order valence-electron chi connectivity index (χ0n) is 20.9. The van der Waals surface area contributed by atoms with Crippen molar-refractivity contribution >= 4 is 17.6 Å². The maximum Gasteiger partial charge on any atom is 0.243 e. The third-order valence-electron chi connectivity index (χ3n) is 7.53. The summed E-state index contributed by atoms with van der Waals surface area (Å²) < 4.78 is 0. The molecule has 0 aromatic carbocycles. The van der Waals surface area contributed by atoms with Crippen molar-refractivity contribution in [1.82, 2.24) is 10.6 Å². The van der Waals surface area contributed by atoms with E-state index in [0.717, 1.165) is 32.1 Å². The molecule has 2 amide bonds. The number of carbonyl (C=O) groups excluding carboxylic acids is 3. The number of ketones is 1. The van der Waals surface area contributed by atoms with Gasteiger partial charge in [0.25, 0.3) is 0 Å². The molecule has 2 unspecified atom stereocenters. The molecule has 5 heteroatoms.